The summed E-state index contributed by atoms with van der Waals surface area (Å²) in [5, 5.41) is 14.7. The Labute approximate surface area is 125 Å². The van der Waals surface area contributed by atoms with E-state index >= 15 is 0 Å². The van der Waals surface area contributed by atoms with Crippen molar-refractivity contribution in [1.29, 1.82) is 0 Å². The predicted molar refractivity (Wildman–Crippen MR) is 78.8 cm³/mol. The Morgan fingerprint density at radius 3 is 2.71 bits per heavy atom. The van der Waals surface area contributed by atoms with Gasteiger partial charge in [0.25, 0.3) is 0 Å². The van der Waals surface area contributed by atoms with E-state index in [1.54, 1.807) is 4.90 Å². The fraction of sp³-hybridized carbons (Fsp3) is 0.846. The molecule has 8 heteroatoms. The number of hydrogen-bond donors (Lipinski definition) is 1. The molecule has 0 unspecified atom stereocenters. The van der Waals surface area contributed by atoms with Crippen LogP contribution in [0, 0.1) is 0 Å². The summed E-state index contributed by atoms with van der Waals surface area (Å²) in [4.78, 5) is 16.0. The molecule has 0 aromatic carbocycles. The fourth-order valence-corrected chi connectivity index (χ4v) is 2.15. The number of tetrazole rings is 1. The van der Waals surface area contributed by atoms with Crippen LogP contribution in [-0.4, -0.2) is 70.3 Å². The highest BCUT2D eigenvalue weighted by molar-refractivity contribution is 5.74. The zero-order chi connectivity index (χ0) is 15.4. The molecule has 1 saturated carbocycles. The van der Waals surface area contributed by atoms with Gasteiger partial charge in [-0.2, -0.15) is 0 Å². The van der Waals surface area contributed by atoms with E-state index in [2.05, 4.69) is 25.7 Å². The number of rotatable bonds is 7. The van der Waals surface area contributed by atoms with E-state index in [0.29, 0.717) is 6.04 Å². The number of carbonyl (C=O) groups is 1. The summed E-state index contributed by atoms with van der Waals surface area (Å²) in [5.41, 5.74) is 0. The van der Waals surface area contributed by atoms with Gasteiger partial charge < -0.3 is 15.1 Å². The van der Waals surface area contributed by atoms with Gasteiger partial charge in [-0.25, -0.2) is 9.48 Å². The molecule has 1 aromatic heterocycles. The summed E-state index contributed by atoms with van der Waals surface area (Å²) in [7, 11) is 5.86. The zero-order valence-electron chi connectivity index (χ0n) is 13.3. The van der Waals surface area contributed by atoms with Crippen LogP contribution in [0.2, 0.25) is 0 Å². The smallest absolute Gasteiger partial charge is 0.317 e. The highest BCUT2D eigenvalue weighted by Gasteiger charge is 2.30. The summed E-state index contributed by atoms with van der Waals surface area (Å²) in [6.07, 6.45) is 3.18. The molecule has 1 aliphatic rings. The van der Waals surface area contributed by atoms with Crippen LogP contribution in [0.5, 0.6) is 0 Å². The number of hydrogen-bond acceptors (Lipinski definition) is 5. The Morgan fingerprint density at radius 2 is 2.10 bits per heavy atom. The van der Waals surface area contributed by atoms with Gasteiger partial charge in [0, 0.05) is 13.6 Å². The van der Waals surface area contributed by atoms with Crippen molar-refractivity contribution in [3.63, 3.8) is 0 Å². The normalized spacial score (nSPS) is 16.0. The van der Waals surface area contributed by atoms with E-state index in [4.69, 9.17) is 0 Å². The first-order valence-electron chi connectivity index (χ1n) is 7.43. The summed E-state index contributed by atoms with van der Waals surface area (Å²) in [6.45, 7) is 3.60. The van der Waals surface area contributed by atoms with Gasteiger partial charge in [0.2, 0.25) is 0 Å². The molecule has 8 nitrogen and oxygen atoms in total. The molecule has 1 fully saturated rings. The van der Waals surface area contributed by atoms with Crippen LogP contribution in [0.3, 0.4) is 0 Å². The zero-order valence-corrected chi connectivity index (χ0v) is 13.3. The molecule has 1 heterocycles. The van der Waals surface area contributed by atoms with Crippen molar-refractivity contribution in [1.82, 2.24) is 35.3 Å². The summed E-state index contributed by atoms with van der Waals surface area (Å²) in [5.74, 6) is 0.729. The van der Waals surface area contributed by atoms with Crippen LogP contribution in [0.15, 0.2) is 0 Å². The second-order valence-electron chi connectivity index (χ2n) is 5.96. The highest BCUT2D eigenvalue weighted by Crippen LogP contribution is 2.35. The molecule has 2 amide bonds. The largest absolute Gasteiger partial charge is 0.328 e. The molecule has 118 valence electrons. The molecule has 0 spiro atoms. The van der Waals surface area contributed by atoms with Crippen molar-refractivity contribution < 1.29 is 4.79 Å². The SMILES string of the molecule is C[C@@H](NC(=O)N(C)CCCN(C)C)c1nnnn1C1CC1. The number of amides is 2. The van der Waals surface area contributed by atoms with E-state index in [0.717, 1.165) is 38.2 Å². The molecule has 1 aromatic rings. The lowest BCUT2D eigenvalue weighted by Crippen LogP contribution is -2.40. The molecule has 1 N–H and O–H groups in total. The van der Waals surface area contributed by atoms with Crippen LogP contribution in [0.1, 0.15) is 44.1 Å². The Kier molecular flexibility index (Phi) is 5.11. The van der Waals surface area contributed by atoms with E-state index in [9.17, 15) is 4.79 Å². The molecular formula is C13H25N7O. The maximum absolute atomic E-state index is 12.1. The van der Waals surface area contributed by atoms with Gasteiger partial charge in [-0.05, 0) is 57.3 Å². The molecule has 1 aliphatic carbocycles. The molecule has 0 radical (unpaired) electrons. The number of carbonyl (C=O) groups excluding carboxylic acids is 1. The molecule has 1 atom stereocenters. The van der Waals surface area contributed by atoms with Crippen molar-refractivity contribution in [3.05, 3.63) is 5.82 Å². The summed E-state index contributed by atoms with van der Waals surface area (Å²) < 4.78 is 1.83. The third kappa shape index (κ3) is 4.38. The quantitative estimate of drug-likeness (QED) is 0.799. The van der Waals surface area contributed by atoms with E-state index < -0.39 is 0 Å². The predicted octanol–water partition coefficient (Wildman–Crippen LogP) is 0.662. The fourth-order valence-electron chi connectivity index (χ4n) is 2.15. The highest BCUT2D eigenvalue weighted by atomic mass is 16.2. The van der Waals surface area contributed by atoms with Crippen LogP contribution >= 0.6 is 0 Å². The molecule has 0 aliphatic heterocycles. The lowest BCUT2D eigenvalue weighted by molar-refractivity contribution is 0.202. The minimum Gasteiger partial charge on any atom is -0.328 e. The number of aromatic nitrogens is 4. The standard InChI is InChI=1S/C13H25N7O/c1-10(12-15-16-17-20(12)11-6-7-11)14-13(21)19(4)9-5-8-18(2)3/h10-11H,5-9H2,1-4H3,(H,14,21)/t10-/m1/s1. The second kappa shape index (κ2) is 6.84. The van der Waals surface area contributed by atoms with Crippen LogP contribution in [0.25, 0.3) is 0 Å². The minimum absolute atomic E-state index is 0.0911. The van der Waals surface area contributed by atoms with Crippen LogP contribution < -0.4 is 5.32 Å². The lowest BCUT2D eigenvalue weighted by Gasteiger charge is -2.21. The van der Waals surface area contributed by atoms with Gasteiger partial charge in [-0.3, -0.25) is 0 Å². The Balaban J connectivity index is 1.82. The average Bonchev–Trinajstić information content (AvgIpc) is 3.15. The molecule has 2 rings (SSSR count). The van der Waals surface area contributed by atoms with Gasteiger partial charge in [0.1, 0.15) is 0 Å². The number of urea groups is 1. The van der Waals surface area contributed by atoms with E-state index in [1.165, 1.54) is 0 Å². The topological polar surface area (TPSA) is 79.2 Å². The van der Waals surface area contributed by atoms with Crippen LogP contribution in [-0.2, 0) is 0 Å². The lowest BCUT2D eigenvalue weighted by atomic mass is 10.3. The number of nitrogens with zero attached hydrogens (tertiary/aromatic N) is 6. The Bertz CT molecular complexity index is 469. The van der Waals surface area contributed by atoms with Crippen molar-refractivity contribution in [2.45, 2.75) is 38.3 Å². The van der Waals surface area contributed by atoms with Crippen molar-refractivity contribution in [3.8, 4) is 0 Å². The van der Waals surface area contributed by atoms with Crippen LogP contribution in [0.4, 0.5) is 4.79 Å². The summed E-state index contributed by atoms with van der Waals surface area (Å²) >= 11 is 0. The maximum Gasteiger partial charge on any atom is 0.317 e. The van der Waals surface area contributed by atoms with Gasteiger partial charge in [-0.1, -0.05) is 0 Å². The second-order valence-corrected chi connectivity index (χ2v) is 5.96. The minimum atomic E-state index is -0.190. The van der Waals surface area contributed by atoms with Gasteiger partial charge in [-0.15, -0.1) is 5.10 Å². The van der Waals surface area contributed by atoms with Gasteiger partial charge in [0.05, 0.1) is 12.1 Å². The molecule has 0 saturated heterocycles. The first kappa shape index (κ1) is 15.7. The number of nitrogens with one attached hydrogen (secondary N) is 1. The van der Waals surface area contributed by atoms with Crippen molar-refractivity contribution in [2.24, 2.45) is 0 Å². The first-order valence-corrected chi connectivity index (χ1v) is 7.43. The summed E-state index contributed by atoms with van der Waals surface area (Å²) in [6, 6.07) is 0.128. The monoisotopic (exact) mass is 295 g/mol. The van der Waals surface area contributed by atoms with Crippen molar-refractivity contribution >= 4 is 6.03 Å². The van der Waals surface area contributed by atoms with Gasteiger partial charge in [0.15, 0.2) is 5.82 Å². The third-order valence-electron chi connectivity index (χ3n) is 3.58. The maximum atomic E-state index is 12.1. The Hall–Kier alpha value is -1.70. The molecular weight excluding hydrogens is 270 g/mol. The van der Waals surface area contributed by atoms with E-state index in [-0.39, 0.29) is 12.1 Å². The van der Waals surface area contributed by atoms with Crippen molar-refractivity contribution in [2.75, 3.05) is 34.2 Å². The van der Waals surface area contributed by atoms with E-state index in [1.807, 2.05) is 32.7 Å². The van der Waals surface area contributed by atoms with Gasteiger partial charge >= 0.3 is 6.03 Å². The Morgan fingerprint density at radius 1 is 1.38 bits per heavy atom. The first-order chi connectivity index (χ1) is 9.99. The molecule has 0 bridgehead atoms. The average molecular weight is 295 g/mol. The molecule has 21 heavy (non-hydrogen) atoms. The third-order valence-corrected chi connectivity index (χ3v) is 3.58.